The van der Waals surface area contributed by atoms with Crippen LogP contribution in [-0.4, -0.2) is 24.7 Å². The van der Waals surface area contributed by atoms with E-state index in [0.717, 1.165) is 30.8 Å². The molecule has 74 valence electrons. The lowest BCUT2D eigenvalue weighted by Crippen LogP contribution is -2.11. The number of methoxy groups -OCH3 is 1. The van der Waals surface area contributed by atoms with E-state index in [-0.39, 0.29) is 0 Å². The standard InChI is InChI=1S/C10H11NO3/c1-13-10(12)8-5-7-3-2-4-14-9(7)6-11-8/h5-6H,2-4H2,1H3. The summed E-state index contributed by atoms with van der Waals surface area (Å²) in [7, 11) is 1.35. The van der Waals surface area contributed by atoms with Crippen molar-refractivity contribution in [3.63, 3.8) is 0 Å². The highest BCUT2D eigenvalue weighted by molar-refractivity contribution is 5.87. The van der Waals surface area contributed by atoms with Crippen LogP contribution in [0.25, 0.3) is 0 Å². The molecule has 0 aliphatic carbocycles. The van der Waals surface area contributed by atoms with Crippen molar-refractivity contribution in [3.05, 3.63) is 23.5 Å². The monoisotopic (exact) mass is 193 g/mol. The molecule has 0 fully saturated rings. The molecule has 1 aromatic heterocycles. The molecule has 2 heterocycles. The molecule has 0 amide bonds. The third-order valence-electron chi connectivity index (χ3n) is 2.19. The molecule has 1 aliphatic heterocycles. The molecule has 0 spiro atoms. The number of fused-ring (bicyclic) bond motifs is 1. The van der Waals surface area contributed by atoms with Gasteiger partial charge in [0, 0.05) is 0 Å². The van der Waals surface area contributed by atoms with Crippen LogP contribution in [0.15, 0.2) is 12.3 Å². The molecule has 0 bridgehead atoms. The number of rotatable bonds is 1. The summed E-state index contributed by atoms with van der Waals surface area (Å²) < 4.78 is 9.96. The Labute approximate surface area is 81.9 Å². The Bertz CT molecular complexity index is 362. The number of pyridine rings is 1. The van der Waals surface area contributed by atoms with Crippen LogP contribution in [0, 0.1) is 0 Å². The molecule has 4 heteroatoms. The van der Waals surface area contributed by atoms with Crippen LogP contribution in [0.2, 0.25) is 0 Å². The van der Waals surface area contributed by atoms with Crippen molar-refractivity contribution in [1.29, 1.82) is 0 Å². The molecule has 0 saturated carbocycles. The number of hydrogen-bond donors (Lipinski definition) is 0. The van der Waals surface area contributed by atoms with Gasteiger partial charge in [-0.05, 0) is 24.5 Å². The van der Waals surface area contributed by atoms with E-state index < -0.39 is 5.97 Å². The fourth-order valence-electron chi connectivity index (χ4n) is 1.47. The molecule has 1 aromatic rings. The first kappa shape index (κ1) is 8.99. The third kappa shape index (κ3) is 1.55. The first-order valence-corrected chi connectivity index (χ1v) is 4.51. The maximum absolute atomic E-state index is 11.2. The van der Waals surface area contributed by atoms with Crippen LogP contribution in [0.4, 0.5) is 0 Å². The van der Waals surface area contributed by atoms with Gasteiger partial charge in [0.15, 0.2) is 0 Å². The highest BCUT2D eigenvalue weighted by atomic mass is 16.5. The zero-order chi connectivity index (χ0) is 9.97. The van der Waals surface area contributed by atoms with Gasteiger partial charge in [-0.15, -0.1) is 0 Å². The van der Waals surface area contributed by atoms with Crippen LogP contribution >= 0.6 is 0 Å². The zero-order valence-electron chi connectivity index (χ0n) is 7.95. The van der Waals surface area contributed by atoms with Gasteiger partial charge in [0.1, 0.15) is 11.4 Å². The van der Waals surface area contributed by atoms with Gasteiger partial charge in [-0.25, -0.2) is 9.78 Å². The summed E-state index contributed by atoms with van der Waals surface area (Å²) in [6.45, 7) is 0.728. The minimum atomic E-state index is -0.404. The number of aryl methyl sites for hydroxylation is 1. The minimum absolute atomic E-state index is 0.344. The smallest absolute Gasteiger partial charge is 0.356 e. The molecule has 0 N–H and O–H groups in total. The van der Waals surface area contributed by atoms with Crippen molar-refractivity contribution in [2.75, 3.05) is 13.7 Å². The van der Waals surface area contributed by atoms with Gasteiger partial charge >= 0.3 is 5.97 Å². The predicted molar refractivity (Wildman–Crippen MR) is 49.4 cm³/mol. The Hall–Kier alpha value is -1.58. The molecule has 2 rings (SSSR count). The van der Waals surface area contributed by atoms with Gasteiger partial charge in [-0.1, -0.05) is 0 Å². The van der Waals surface area contributed by atoms with Gasteiger partial charge in [0.25, 0.3) is 0 Å². The van der Waals surface area contributed by atoms with Crippen molar-refractivity contribution >= 4 is 5.97 Å². The number of carbonyl (C=O) groups is 1. The summed E-state index contributed by atoms with van der Waals surface area (Å²) in [6.07, 6.45) is 3.50. The van der Waals surface area contributed by atoms with E-state index in [0.29, 0.717) is 5.69 Å². The van der Waals surface area contributed by atoms with Crippen molar-refractivity contribution in [1.82, 2.24) is 4.98 Å². The molecular formula is C10H11NO3. The summed E-state index contributed by atoms with van der Waals surface area (Å²) in [5.41, 5.74) is 1.38. The number of hydrogen-bond acceptors (Lipinski definition) is 4. The topological polar surface area (TPSA) is 48.4 Å². The Morgan fingerprint density at radius 2 is 2.50 bits per heavy atom. The van der Waals surface area contributed by atoms with Gasteiger partial charge < -0.3 is 9.47 Å². The quantitative estimate of drug-likeness (QED) is 0.628. The van der Waals surface area contributed by atoms with Crippen molar-refractivity contribution in [2.24, 2.45) is 0 Å². The first-order chi connectivity index (χ1) is 6.81. The lowest BCUT2D eigenvalue weighted by molar-refractivity contribution is 0.0593. The fraction of sp³-hybridized carbons (Fsp3) is 0.400. The van der Waals surface area contributed by atoms with Gasteiger partial charge in [-0.3, -0.25) is 0 Å². The van der Waals surface area contributed by atoms with E-state index in [4.69, 9.17) is 4.74 Å². The van der Waals surface area contributed by atoms with Crippen LogP contribution < -0.4 is 4.74 Å². The summed E-state index contributed by atoms with van der Waals surface area (Å²) in [5, 5.41) is 0. The Kier molecular flexibility index (Phi) is 2.35. The lowest BCUT2D eigenvalue weighted by Gasteiger charge is -2.16. The molecule has 14 heavy (non-hydrogen) atoms. The van der Waals surface area contributed by atoms with E-state index >= 15 is 0 Å². The number of ether oxygens (including phenoxy) is 2. The molecule has 4 nitrogen and oxygen atoms in total. The molecule has 1 aliphatic rings. The van der Waals surface area contributed by atoms with E-state index in [9.17, 15) is 4.79 Å². The molecule has 0 unspecified atom stereocenters. The SMILES string of the molecule is COC(=O)c1cc2c(cn1)OCCC2. The molecule has 0 radical (unpaired) electrons. The second-order valence-corrected chi connectivity index (χ2v) is 3.12. The van der Waals surface area contributed by atoms with Crippen LogP contribution in [0.1, 0.15) is 22.5 Å². The zero-order valence-corrected chi connectivity index (χ0v) is 7.95. The molecule has 0 saturated heterocycles. The van der Waals surface area contributed by atoms with Gasteiger partial charge in [0.2, 0.25) is 0 Å². The molecule has 0 atom stereocenters. The van der Waals surface area contributed by atoms with Crippen molar-refractivity contribution in [3.8, 4) is 5.75 Å². The average Bonchev–Trinajstić information content (AvgIpc) is 2.27. The van der Waals surface area contributed by atoms with Crippen LogP contribution in [0.5, 0.6) is 5.75 Å². The Morgan fingerprint density at radius 1 is 1.64 bits per heavy atom. The maximum atomic E-state index is 11.2. The van der Waals surface area contributed by atoms with E-state index in [1.165, 1.54) is 7.11 Å². The second-order valence-electron chi connectivity index (χ2n) is 3.12. The van der Waals surface area contributed by atoms with E-state index in [1.54, 1.807) is 12.3 Å². The highest BCUT2D eigenvalue weighted by Gasteiger charge is 2.14. The highest BCUT2D eigenvalue weighted by Crippen LogP contribution is 2.23. The number of esters is 1. The average molecular weight is 193 g/mol. The van der Waals surface area contributed by atoms with E-state index in [2.05, 4.69) is 9.72 Å². The largest absolute Gasteiger partial charge is 0.492 e. The summed E-state index contributed by atoms with van der Waals surface area (Å²) in [6, 6.07) is 1.74. The number of nitrogens with zero attached hydrogens (tertiary/aromatic N) is 1. The fourth-order valence-corrected chi connectivity index (χ4v) is 1.47. The van der Waals surface area contributed by atoms with Crippen LogP contribution in [0.3, 0.4) is 0 Å². The normalized spacial score (nSPS) is 14.1. The number of carbonyl (C=O) groups excluding carboxylic acids is 1. The minimum Gasteiger partial charge on any atom is -0.492 e. The predicted octanol–water partition coefficient (Wildman–Crippen LogP) is 1.19. The summed E-state index contributed by atoms with van der Waals surface area (Å²) in [4.78, 5) is 15.1. The van der Waals surface area contributed by atoms with E-state index in [1.807, 2.05) is 0 Å². The van der Waals surface area contributed by atoms with Crippen molar-refractivity contribution < 1.29 is 14.3 Å². The molecule has 0 aromatic carbocycles. The Morgan fingerprint density at radius 3 is 3.29 bits per heavy atom. The lowest BCUT2D eigenvalue weighted by atomic mass is 10.1. The van der Waals surface area contributed by atoms with Gasteiger partial charge in [0.05, 0.1) is 19.9 Å². The summed E-state index contributed by atoms with van der Waals surface area (Å²) in [5.74, 6) is 0.377. The van der Waals surface area contributed by atoms with Crippen LogP contribution in [-0.2, 0) is 11.2 Å². The second kappa shape index (κ2) is 3.65. The van der Waals surface area contributed by atoms with Gasteiger partial charge in [-0.2, -0.15) is 0 Å². The summed E-state index contributed by atoms with van der Waals surface area (Å²) >= 11 is 0. The third-order valence-corrected chi connectivity index (χ3v) is 2.19. The first-order valence-electron chi connectivity index (χ1n) is 4.51. The Balaban J connectivity index is 2.33. The molecular weight excluding hydrogens is 182 g/mol. The number of aromatic nitrogens is 1. The van der Waals surface area contributed by atoms with Crippen molar-refractivity contribution in [2.45, 2.75) is 12.8 Å². The maximum Gasteiger partial charge on any atom is 0.356 e.